The van der Waals surface area contributed by atoms with Crippen LogP contribution in [0.15, 0.2) is 0 Å². The average molecular weight is 161 g/mol. The van der Waals surface area contributed by atoms with E-state index in [0.717, 1.165) is 0 Å². The predicted octanol–water partition coefficient (Wildman–Crippen LogP) is -1.04. The lowest BCUT2D eigenvalue weighted by molar-refractivity contribution is -0.142. The summed E-state index contributed by atoms with van der Waals surface area (Å²) >= 11 is 0. The molecule has 0 spiro atoms. The van der Waals surface area contributed by atoms with Crippen LogP contribution in [0.25, 0.3) is 0 Å². The predicted molar refractivity (Wildman–Crippen MR) is 36.9 cm³/mol. The van der Waals surface area contributed by atoms with E-state index in [2.05, 4.69) is 5.32 Å². The fourth-order valence-corrected chi connectivity index (χ4v) is 0.396. The summed E-state index contributed by atoms with van der Waals surface area (Å²) in [5, 5.41) is 19.1. The quantitative estimate of drug-likeness (QED) is 0.493. The number of amides is 1. The molecule has 0 bridgehead atoms. The minimum absolute atomic E-state index is 0.681. The molecule has 2 unspecified atom stereocenters. The van der Waals surface area contributed by atoms with Crippen LogP contribution in [-0.2, 0) is 9.59 Å². The first-order valence-electron chi connectivity index (χ1n) is 3.16. The van der Waals surface area contributed by atoms with Gasteiger partial charge in [-0.3, -0.25) is 9.59 Å². The van der Waals surface area contributed by atoms with E-state index < -0.39 is 24.0 Å². The first kappa shape index (κ1) is 9.90. The number of aliphatic hydroxyl groups excluding tert-OH is 1. The first-order valence-corrected chi connectivity index (χ1v) is 3.16. The number of aliphatic carboxylic acids is 1. The van der Waals surface area contributed by atoms with E-state index in [-0.39, 0.29) is 0 Å². The van der Waals surface area contributed by atoms with Crippen LogP contribution in [0.5, 0.6) is 0 Å². The minimum atomic E-state index is -1.17. The highest BCUT2D eigenvalue weighted by Crippen LogP contribution is 1.84. The Morgan fingerprint density at radius 3 is 2.09 bits per heavy atom. The largest absolute Gasteiger partial charge is 0.480 e. The molecule has 0 saturated heterocycles. The third-order valence-electron chi connectivity index (χ3n) is 1.11. The zero-order chi connectivity index (χ0) is 9.02. The Balaban J connectivity index is 3.85. The zero-order valence-electron chi connectivity index (χ0n) is 6.37. The van der Waals surface area contributed by atoms with Crippen LogP contribution < -0.4 is 5.32 Å². The SMILES string of the molecule is CC(O)C(=O)NC(C)C(=O)O. The molecule has 64 valence electrons. The molecule has 0 aliphatic heterocycles. The first-order chi connectivity index (χ1) is 4.95. The van der Waals surface area contributed by atoms with Crippen molar-refractivity contribution in [3.63, 3.8) is 0 Å². The Hall–Kier alpha value is -1.10. The summed E-state index contributed by atoms with van der Waals surface area (Å²) in [6, 6.07) is -0.961. The number of carboxylic acids is 1. The van der Waals surface area contributed by atoms with Crippen molar-refractivity contribution in [1.29, 1.82) is 0 Å². The lowest BCUT2D eigenvalue weighted by atomic mass is 10.3. The van der Waals surface area contributed by atoms with E-state index in [1.54, 1.807) is 0 Å². The Labute approximate surface area is 64.0 Å². The summed E-state index contributed by atoms with van der Waals surface area (Å²) < 4.78 is 0. The highest BCUT2D eigenvalue weighted by Gasteiger charge is 2.16. The molecule has 5 heteroatoms. The normalized spacial score (nSPS) is 15.2. The average Bonchev–Trinajstić information content (AvgIpc) is 1.87. The van der Waals surface area contributed by atoms with Gasteiger partial charge >= 0.3 is 5.97 Å². The Kier molecular flexibility index (Phi) is 3.53. The number of carbonyl (C=O) groups excluding carboxylic acids is 1. The lowest BCUT2D eigenvalue weighted by Crippen LogP contribution is -2.42. The second-order valence-electron chi connectivity index (χ2n) is 2.24. The topological polar surface area (TPSA) is 86.6 Å². The number of hydrogen-bond donors (Lipinski definition) is 3. The van der Waals surface area contributed by atoms with Gasteiger partial charge in [0.15, 0.2) is 0 Å². The van der Waals surface area contributed by atoms with Gasteiger partial charge in [-0.15, -0.1) is 0 Å². The smallest absolute Gasteiger partial charge is 0.325 e. The molecule has 0 aliphatic rings. The summed E-state index contributed by atoms with van der Waals surface area (Å²) in [4.78, 5) is 20.8. The molecule has 1 amide bonds. The van der Waals surface area contributed by atoms with Crippen molar-refractivity contribution in [1.82, 2.24) is 5.32 Å². The van der Waals surface area contributed by atoms with Crippen LogP contribution in [0.2, 0.25) is 0 Å². The van der Waals surface area contributed by atoms with Gasteiger partial charge in [-0.25, -0.2) is 0 Å². The van der Waals surface area contributed by atoms with Crippen LogP contribution in [-0.4, -0.2) is 34.2 Å². The van der Waals surface area contributed by atoms with Crippen LogP contribution in [0.4, 0.5) is 0 Å². The van der Waals surface area contributed by atoms with Gasteiger partial charge in [0.1, 0.15) is 12.1 Å². The van der Waals surface area contributed by atoms with Crippen molar-refractivity contribution in [2.75, 3.05) is 0 Å². The van der Waals surface area contributed by atoms with Crippen molar-refractivity contribution < 1.29 is 19.8 Å². The van der Waals surface area contributed by atoms with Crippen LogP contribution in [0, 0.1) is 0 Å². The number of hydrogen-bond acceptors (Lipinski definition) is 3. The molecule has 0 aromatic carbocycles. The molecular weight excluding hydrogens is 150 g/mol. The van der Waals surface area contributed by atoms with Gasteiger partial charge in [0, 0.05) is 0 Å². The number of aliphatic hydroxyl groups is 1. The zero-order valence-corrected chi connectivity index (χ0v) is 6.37. The van der Waals surface area contributed by atoms with Crippen molar-refractivity contribution >= 4 is 11.9 Å². The maximum atomic E-state index is 10.6. The molecule has 0 aliphatic carbocycles. The Morgan fingerprint density at radius 2 is 1.82 bits per heavy atom. The molecule has 0 heterocycles. The standard InChI is InChI=1S/C6H11NO4/c1-3(6(10)11)7-5(9)4(2)8/h3-4,8H,1-2H3,(H,7,9)(H,10,11). The molecular formula is C6H11NO4. The van der Waals surface area contributed by atoms with E-state index in [0.29, 0.717) is 0 Å². The van der Waals surface area contributed by atoms with E-state index in [4.69, 9.17) is 10.2 Å². The number of carboxylic acid groups (broad SMARTS) is 1. The Bertz CT molecular complexity index is 166. The van der Waals surface area contributed by atoms with E-state index in [1.807, 2.05) is 0 Å². The fraction of sp³-hybridized carbons (Fsp3) is 0.667. The molecule has 0 aromatic heterocycles. The van der Waals surface area contributed by atoms with Gasteiger partial charge in [0.25, 0.3) is 0 Å². The van der Waals surface area contributed by atoms with Gasteiger partial charge in [0.2, 0.25) is 5.91 Å². The molecule has 0 rings (SSSR count). The summed E-state index contributed by atoms with van der Waals surface area (Å²) in [5.74, 6) is -1.81. The molecule has 0 saturated carbocycles. The second-order valence-corrected chi connectivity index (χ2v) is 2.24. The monoisotopic (exact) mass is 161 g/mol. The van der Waals surface area contributed by atoms with Gasteiger partial charge in [0.05, 0.1) is 0 Å². The lowest BCUT2D eigenvalue weighted by Gasteiger charge is -2.09. The van der Waals surface area contributed by atoms with Crippen molar-refractivity contribution in [3.05, 3.63) is 0 Å². The maximum Gasteiger partial charge on any atom is 0.325 e. The highest BCUT2D eigenvalue weighted by atomic mass is 16.4. The van der Waals surface area contributed by atoms with Gasteiger partial charge in [-0.05, 0) is 13.8 Å². The number of carbonyl (C=O) groups is 2. The van der Waals surface area contributed by atoms with Gasteiger partial charge < -0.3 is 15.5 Å². The van der Waals surface area contributed by atoms with E-state index in [1.165, 1.54) is 13.8 Å². The fourth-order valence-electron chi connectivity index (χ4n) is 0.396. The van der Waals surface area contributed by atoms with Crippen LogP contribution in [0.1, 0.15) is 13.8 Å². The third kappa shape index (κ3) is 3.57. The summed E-state index contributed by atoms with van der Waals surface area (Å²) in [5.41, 5.74) is 0. The van der Waals surface area contributed by atoms with Crippen LogP contribution in [0.3, 0.4) is 0 Å². The summed E-state index contributed by atoms with van der Waals surface area (Å²) in [6.07, 6.45) is -1.17. The van der Waals surface area contributed by atoms with E-state index >= 15 is 0 Å². The third-order valence-corrected chi connectivity index (χ3v) is 1.11. The molecule has 5 nitrogen and oxygen atoms in total. The number of nitrogens with one attached hydrogen (secondary N) is 1. The molecule has 11 heavy (non-hydrogen) atoms. The molecule has 2 atom stereocenters. The molecule has 0 radical (unpaired) electrons. The van der Waals surface area contributed by atoms with Crippen molar-refractivity contribution in [3.8, 4) is 0 Å². The summed E-state index contributed by atoms with van der Waals surface area (Å²) in [7, 11) is 0. The molecule has 0 aromatic rings. The van der Waals surface area contributed by atoms with Gasteiger partial charge in [-0.2, -0.15) is 0 Å². The van der Waals surface area contributed by atoms with Gasteiger partial charge in [-0.1, -0.05) is 0 Å². The minimum Gasteiger partial charge on any atom is -0.480 e. The van der Waals surface area contributed by atoms with E-state index in [9.17, 15) is 9.59 Å². The Morgan fingerprint density at radius 1 is 1.36 bits per heavy atom. The maximum absolute atomic E-state index is 10.6. The van der Waals surface area contributed by atoms with Crippen LogP contribution >= 0.6 is 0 Å². The molecule has 3 N–H and O–H groups in total. The number of rotatable bonds is 3. The second kappa shape index (κ2) is 3.92. The van der Waals surface area contributed by atoms with Crippen molar-refractivity contribution in [2.24, 2.45) is 0 Å². The summed E-state index contributed by atoms with van der Waals surface area (Å²) in [6.45, 7) is 2.59. The molecule has 0 fully saturated rings. The van der Waals surface area contributed by atoms with Crippen molar-refractivity contribution in [2.45, 2.75) is 26.0 Å². The highest BCUT2D eigenvalue weighted by molar-refractivity contribution is 5.85.